The molecule has 146 valence electrons. The zero-order valence-electron chi connectivity index (χ0n) is 15.2. The van der Waals surface area contributed by atoms with Gasteiger partial charge >= 0.3 is 5.97 Å². The number of ether oxygens (including phenoxy) is 1. The molecule has 0 saturated carbocycles. The molecule has 29 heavy (non-hydrogen) atoms. The fraction of sp³-hybridized carbons (Fsp3) is 0.0909. The van der Waals surface area contributed by atoms with Crippen LogP contribution in [-0.2, 0) is 13.2 Å². The lowest BCUT2D eigenvalue weighted by Crippen LogP contribution is -2.04. The van der Waals surface area contributed by atoms with E-state index in [1.165, 1.54) is 0 Å². The lowest BCUT2D eigenvalue weighted by Gasteiger charge is -2.12. The number of halogens is 2. The number of benzene rings is 3. The van der Waals surface area contributed by atoms with E-state index in [4.69, 9.17) is 27.9 Å². The largest absolute Gasteiger partial charge is 0.489 e. The molecule has 0 aliphatic rings. The Labute approximate surface area is 177 Å². The van der Waals surface area contributed by atoms with Gasteiger partial charge in [-0.05, 0) is 48.0 Å². The Hall–Kier alpha value is -3.02. The summed E-state index contributed by atoms with van der Waals surface area (Å²) in [7, 11) is 0. The molecule has 0 radical (unpaired) electrons. The van der Waals surface area contributed by atoms with Gasteiger partial charge in [0.25, 0.3) is 0 Å². The van der Waals surface area contributed by atoms with Gasteiger partial charge < -0.3 is 9.84 Å². The summed E-state index contributed by atoms with van der Waals surface area (Å²) < 4.78 is 7.68. The molecule has 0 amide bonds. The van der Waals surface area contributed by atoms with Gasteiger partial charge in [-0.1, -0.05) is 41.4 Å². The molecule has 1 N–H and O–H groups in total. The smallest absolute Gasteiger partial charge is 0.336 e. The van der Waals surface area contributed by atoms with Crippen LogP contribution in [0.2, 0.25) is 10.0 Å². The molecule has 0 fully saturated rings. The predicted octanol–water partition coefficient (Wildman–Crippen LogP) is 5.67. The number of carboxylic acids is 1. The first-order chi connectivity index (χ1) is 14.0. The summed E-state index contributed by atoms with van der Waals surface area (Å²) in [5.41, 5.74) is 2.68. The van der Waals surface area contributed by atoms with Gasteiger partial charge in [0, 0.05) is 27.2 Å². The van der Waals surface area contributed by atoms with Crippen molar-refractivity contribution in [2.24, 2.45) is 0 Å². The summed E-state index contributed by atoms with van der Waals surface area (Å²) in [6.07, 6.45) is 1.72. The highest BCUT2D eigenvalue weighted by Gasteiger charge is 2.13. The first-order valence-electron chi connectivity index (χ1n) is 8.85. The van der Waals surface area contributed by atoms with Crippen LogP contribution in [0.5, 0.6) is 5.75 Å². The van der Waals surface area contributed by atoms with Crippen molar-refractivity contribution >= 4 is 40.1 Å². The van der Waals surface area contributed by atoms with E-state index < -0.39 is 5.97 Å². The quantitative estimate of drug-likeness (QED) is 0.431. The van der Waals surface area contributed by atoms with Crippen LogP contribution in [0.25, 0.3) is 10.9 Å². The monoisotopic (exact) mass is 426 g/mol. The second kappa shape index (κ2) is 8.15. The number of hydrogen-bond acceptors (Lipinski definition) is 3. The van der Waals surface area contributed by atoms with Crippen molar-refractivity contribution in [2.75, 3.05) is 0 Å². The second-order valence-electron chi connectivity index (χ2n) is 6.54. The van der Waals surface area contributed by atoms with Crippen molar-refractivity contribution in [1.82, 2.24) is 9.78 Å². The number of carboxylic acid groups (broad SMARTS) is 1. The molecule has 5 nitrogen and oxygen atoms in total. The van der Waals surface area contributed by atoms with Gasteiger partial charge in [-0.25, -0.2) is 4.79 Å². The molecule has 0 unspecified atom stereocenters. The summed E-state index contributed by atoms with van der Waals surface area (Å²) in [6.45, 7) is 0.778. The molecule has 0 saturated heterocycles. The number of rotatable bonds is 6. The molecule has 0 bridgehead atoms. The Morgan fingerprint density at radius 2 is 1.79 bits per heavy atom. The minimum absolute atomic E-state index is 0.221. The summed E-state index contributed by atoms with van der Waals surface area (Å²) in [5.74, 6) is -0.299. The minimum Gasteiger partial charge on any atom is -0.489 e. The van der Waals surface area contributed by atoms with E-state index in [1.54, 1.807) is 35.1 Å². The minimum atomic E-state index is -0.982. The maximum Gasteiger partial charge on any atom is 0.336 e. The van der Waals surface area contributed by atoms with Crippen LogP contribution >= 0.6 is 23.2 Å². The predicted molar refractivity (Wildman–Crippen MR) is 113 cm³/mol. The normalized spacial score (nSPS) is 11.0. The Morgan fingerprint density at radius 3 is 2.55 bits per heavy atom. The zero-order valence-corrected chi connectivity index (χ0v) is 16.7. The van der Waals surface area contributed by atoms with Gasteiger partial charge in [0.05, 0.1) is 17.6 Å². The standard InChI is InChI=1S/C22H16Cl2N2O3/c23-16-6-4-14(5-7-16)13-29-21-9-8-17(24)10-15(21)11-26-12-19-18(22(27)28)2-1-3-20(19)25-26/h1-10,12H,11,13H2,(H,27,28). The van der Waals surface area contributed by atoms with Gasteiger partial charge in [-0.3, -0.25) is 4.68 Å². The average molecular weight is 427 g/mol. The van der Waals surface area contributed by atoms with Gasteiger partial charge in [-0.15, -0.1) is 0 Å². The first-order valence-corrected chi connectivity index (χ1v) is 9.60. The highest BCUT2D eigenvalue weighted by atomic mass is 35.5. The Morgan fingerprint density at radius 1 is 1.03 bits per heavy atom. The van der Waals surface area contributed by atoms with Crippen molar-refractivity contribution in [2.45, 2.75) is 13.2 Å². The van der Waals surface area contributed by atoms with Crippen LogP contribution in [0.1, 0.15) is 21.5 Å². The number of fused-ring (bicyclic) bond motifs is 1. The second-order valence-corrected chi connectivity index (χ2v) is 7.41. The van der Waals surface area contributed by atoms with Crippen molar-refractivity contribution < 1.29 is 14.6 Å². The molecule has 1 heterocycles. The van der Waals surface area contributed by atoms with Crippen molar-refractivity contribution in [3.05, 3.63) is 93.6 Å². The third-order valence-electron chi connectivity index (χ3n) is 4.49. The molecule has 0 aliphatic heterocycles. The molecule has 7 heteroatoms. The van der Waals surface area contributed by atoms with Crippen molar-refractivity contribution in [3.8, 4) is 5.75 Å². The molecule has 4 aromatic rings. The van der Waals surface area contributed by atoms with E-state index in [-0.39, 0.29) is 5.56 Å². The number of nitrogens with zero attached hydrogens (tertiary/aromatic N) is 2. The lowest BCUT2D eigenvalue weighted by molar-refractivity contribution is 0.0699. The number of carbonyl (C=O) groups is 1. The van der Waals surface area contributed by atoms with Crippen LogP contribution in [0, 0.1) is 0 Å². The van der Waals surface area contributed by atoms with Crippen molar-refractivity contribution in [3.63, 3.8) is 0 Å². The topological polar surface area (TPSA) is 64.3 Å². The Bertz CT molecular complexity index is 1190. The summed E-state index contributed by atoms with van der Waals surface area (Å²) >= 11 is 12.1. The van der Waals surface area contributed by atoms with Crippen LogP contribution in [0.3, 0.4) is 0 Å². The highest BCUT2D eigenvalue weighted by Crippen LogP contribution is 2.26. The zero-order chi connectivity index (χ0) is 20.4. The molecule has 4 rings (SSSR count). The molecule has 1 aromatic heterocycles. The van der Waals surface area contributed by atoms with E-state index in [0.717, 1.165) is 11.1 Å². The average Bonchev–Trinajstić information content (AvgIpc) is 3.11. The maximum absolute atomic E-state index is 11.4. The van der Waals surface area contributed by atoms with Gasteiger partial charge in [0.1, 0.15) is 12.4 Å². The molecule has 0 spiro atoms. The third kappa shape index (κ3) is 4.36. The van der Waals surface area contributed by atoms with Crippen LogP contribution in [-0.4, -0.2) is 20.9 Å². The van der Waals surface area contributed by atoms with Crippen LogP contribution < -0.4 is 4.74 Å². The number of aromatic nitrogens is 2. The molecule has 0 aliphatic carbocycles. The number of aromatic carboxylic acids is 1. The summed E-state index contributed by atoms with van der Waals surface area (Å²) in [4.78, 5) is 11.4. The Balaban J connectivity index is 1.60. The summed E-state index contributed by atoms with van der Waals surface area (Å²) in [5, 5.41) is 15.7. The van der Waals surface area contributed by atoms with Crippen molar-refractivity contribution in [1.29, 1.82) is 0 Å². The fourth-order valence-electron chi connectivity index (χ4n) is 3.09. The lowest BCUT2D eigenvalue weighted by atomic mass is 10.1. The number of hydrogen-bond donors (Lipinski definition) is 1. The van der Waals surface area contributed by atoms with E-state index in [1.807, 2.05) is 36.4 Å². The molecular weight excluding hydrogens is 411 g/mol. The van der Waals surface area contributed by atoms with Gasteiger partial charge in [0.15, 0.2) is 0 Å². The van der Waals surface area contributed by atoms with Crippen LogP contribution in [0.4, 0.5) is 0 Å². The van der Waals surface area contributed by atoms with E-state index in [2.05, 4.69) is 5.10 Å². The van der Waals surface area contributed by atoms with E-state index in [0.29, 0.717) is 39.8 Å². The molecule has 0 atom stereocenters. The van der Waals surface area contributed by atoms with Gasteiger partial charge in [0.2, 0.25) is 0 Å². The maximum atomic E-state index is 11.4. The fourth-order valence-corrected chi connectivity index (χ4v) is 3.41. The van der Waals surface area contributed by atoms with E-state index in [9.17, 15) is 9.90 Å². The third-order valence-corrected chi connectivity index (χ3v) is 4.98. The van der Waals surface area contributed by atoms with Crippen LogP contribution in [0.15, 0.2) is 66.9 Å². The van der Waals surface area contributed by atoms with Gasteiger partial charge in [-0.2, -0.15) is 5.10 Å². The first kappa shape index (κ1) is 19.3. The SMILES string of the molecule is O=C(O)c1cccc2nn(Cc3cc(Cl)ccc3OCc3ccc(Cl)cc3)cc12. The molecular formula is C22H16Cl2N2O3. The van der Waals surface area contributed by atoms with E-state index >= 15 is 0 Å². The summed E-state index contributed by atoms with van der Waals surface area (Å²) in [6, 6.07) is 17.9. The highest BCUT2D eigenvalue weighted by molar-refractivity contribution is 6.30. The molecule has 3 aromatic carbocycles. The Kier molecular flexibility index (Phi) is 5.43.